The molecule has 0 amide bonds. The van der Waals surface area contributed by atoms with Crippen molar-refractivity contribution in [2.24, 2.45) is 0 Å². The Labute approximate surface area is 151 Å². The predicted octanol–water partition coefficient (Wildman–Crippen LogP) is 4.79. The van der Waals surface area contributed by atoms with E-state index >= 15 is 0 Å². The number of anilines is 1. The summed E-state index contributed by atoms with van der Waals surface area (Å²) in [5, 5.41) is 4.92. The second-order valence-corrected chi connectivity index (χ2v) is 7.14. The van der Waals surface area contributed by atoms with E-state index in [1.54, 1.807) is 7.11 Å². The van der Waals surface area contributed by atoms with Crippen LogP contribution in [-0.4, -0.2) is 29.4 Å². The molecule has 1 aliphatic heterocycles. The summed E-state index contributed by atoms with van der Waals surface area (Å²) >= 11 is 13.5. The maximum Gasteiger partial charge on any atom is 0.174 e. The van der Waals surface area contributed by atoms with E-state index in [0.29, 0.717) is 5.02 Å². The van der Waals surface area contributed by atoms with Crippen LogP contribution in [0, 0.1) is 0 Å². The standard InChI is InChI=1S/C17H17ClN2OS2/c1-21-15-7-5-12(6-8-15)16-20(9-10-23-16)17(22)19-14-4-2-3-13(18)11-14/h2-8,11,16H,9-10H2,1H3,(H,19,22)/t16-/m1/s1. The molecule has 2 aromatic rings. The number of nitrogens with zero attached hydrogens (tertiary/aromatic N) is 1. The van der Waals surface area contributed by atoms with Crippen LogP contribution in [0.1, 0.15) is 10.9 Å². The van der Waals surface area contributed by atoms with Crippen molar-refractivity contribution in [2.75, 3.05) is 24.7 Å². The van der Waals surface area contributed by atoms with Crippen LogP contribution in [0.15, 0.2) is 48.5 Å². The molecule has 0 aromatic heterocycles. The fraction of sp³-hybridized carbons (Fsp3) is 0.235. The Balaban J connectivity index is 1.73. The van der Waals surface area contributed by atoms with E-state index in [-0.39, 0.29) is 5.37 Å². The highest BCUT2D eigenvalue weighted by Gasteiger charge is 2.28. The lowest BCUT2D eigenvalue weighted by Gasteiger charge is -2.27. The van der Waals surface area contributed by atoms with E-state index in [4.69, 9.17) is 28.6 Å². The first-order chi connectivity index (χ1) is 11.2. The van der Waals surface area contributed by atoms with Gasteiger partial charge < -0.3 is 15.0 Å². The van der Waals surface area contributed by atoms with E-state index in [9.17, 15) is 0 Å². The van der Waals surface area contributed by atoms with Crippen LogP contribution in [0.25, 0.3) is 0 Å². The predicted molar refractivity (Wildman–Crippen MR) is 103 cm³/mol. The van der Waals surface area contributed by atoms with E-state index < -0.39 is 0 Å². The van der Waals surface area contributed by atoms with Crippen LogP contribution >= 0.6 is 35.6 Å². The zero-order valence-electron chi connectivity index (χ0n) is 12.7. The highest BCUT2D eigenvalue weighted by molar-refractivity contribution is 7.99. The number of thioether (sulfide) groups is 1. The van der Waals surface area contributed by atoms with Crippen LogP contribution in [0.5, 0.6) is 5.75 Å². The summed E-state index contributed by atoms with van der Waals surface area (Å²) in [6, 6.07) is 15.8. The lowest BCUT2D eigenvalue weighted by molar-refractivity contribution is 0.413. The molecule has 0 radical (unpaired) electrons. The van der Waals surface area contributed by atoms with Crippen molar-refractivity contribution in [1.29, 1.82) is 0 Å². The molecule has 1 heterocycles. The third-order valence-corrected chi connectivity index (χ3v) is 5.46. The van der Waals surface area contributed by atoms with Crippen molar-refractivity contribution in [1.82, 2.24) is 4.90 Å². The molecular weight excluding hydrogens is 348 g/mol. The van der Waals surface area contributed by atoms with Crippen LogP contribution in [0.2, 0.25) is 5.02 Å². The van der Waals surface area contributed by atoms with Crippen LogP contribution in [-0.2, 0) is 0 Å². The number of hydrogen-bond donors (Lipinski definition) is 1. The van der Waals surface area contributed by atoms with Crippen LogP contribution in [0.3, 0.4) is 0 Å². The number of nitrogens with one attached hydrogen (secondary N) is 1. The minimum Gasteiger partial charge on any atom is -0.497 e. The average Bonchev–Trinajstić information content (AvgIpc) is 3.05. The van der Waals surface area contributed by atoms with Gasteiger partial charge in [-0.2, -0.15) is 0 Å². The number of methoxy groups -OCH3 is 1. The second kappa shape index (κ2) is 7.43. The third kappa shape index (κ3) is 3.91. The molecule has 1 N–H and O–H groups in total. The number of hydrogen-bond acceptors (Lipinski definition) is 3. The fourth-order valence-corrected chi connectivity index (χ4v) is 4.32. The lowest BCUT2D eigenvalue weighted by atomic mass is 10.2. The van der Waals surface area contributed by atoms with E-state index in [0.717, 1.165) is 28.8 Å². The molecule has 0 unspecified atom stereocenters. The first kappa shape index (κ1) is 16.4. The highest BCUT2D eigenvalue weighted by atomic mass is 35.5. The summed E-state index contributed by atoms with van der Waals surface area (Å²) < 4.78 is 5.23. The summed E-state index contributed by atoms with van der Waals surface area (Å²) in [5.41, 5.74) is 2.14. The Kier molecular flexibility index (Phi) is 5.30. The highest BCUT2D eigenvalue weighted by Crippen LogP contribution is 2.38. The summed E-state index contributed by atoms with van der Waals surface area (Å²) in [6.45, 7) is 0.924. The molecule has 3 rings (SSSR count). The van der Waals surface area contributed by atoms with E-state index in [1.807, 2.05) is 48.2 Å². The van der Waals surface area contributed by atoms with Gasteiger partial charge in [0.05, 0.1) is 7.11 Å². The number of rotatable bonds is 3. The van der Waals surface area contributed by atoms with Crippen LogP contribution < -0.4 is 10.1 Å². The number of thiocarbonyl (C=S) groups is 1. The zero-order chi connectivity index (χ0) is 16.2. The van der Waals surface area contributed by atoms with Crippen molar-refractivity contribution in [2.45, 2.75) is 5.37 Å². The van der Waals surface area contributed by atoms with Crippen molar-refractivity contribution >= 4 is 46.4 Å². The molecule has 0 bridgehead atoms. The SMILES string of the molecule is COc1ccc([C@H]2SCCN2C(=S)Nc2cccc(Cl)c2)cc1. The number of ether oxygens (including phenoxy) is 1. The summed E-state index contributed by atoms with van der Waals surface area (Å²) in [6.07, 6.45) is 0. The molecule has 1 saturated heterocycles. The molecule has 1 atom stereocenters. The molecular formula is C17H17ClN2OS2. The smallest absolute Gasteiger partial charge is 0.174 e. The Hall–Kier alpha value is -1.43. The van der Waals surface area contributed by atoms with E-state index in [1.165, 1.54) is 5.56 Å². The largest absolute Gasteiger partial charge is 0.497 e. The summed E-state index contributed by atoms with van der Waals surface area (Å²) in [5.74, 6) is 1.91. The van der Waals surface area contributed by atoms with Crippen molar-refractivity contribution in [3.8, 4) is 5.75 Å². The second-order valence-electron chi connectivity index (χ2n) is 5.13. The maximum atomic E-state index is 6.03. The first-order valence-electron chi connectivity index (χ1n) is 7.26. The van der Waals surface area contributed by atoms with Gasteiger partial charge in [-0.3, -0.25) is 0 Å². The van der Waals surface area contributed by atoms with Gasteiger partial charge in [0, 0.05) is 23.0 Å². The summed E-state index contributed by atoms with van der Waals surface area (Å²) in [7, 11) is 1.68. The van der Waals surface area contributed by atoms with Gasteiger partial charge in [-0.1, -0.05) is 29.8 Å². The van der Waals surface area contributed by atoms with Gasteiger partial charge >= 0.3 is 0 Å². The van der Waals surface area contributed by atoms with Crippen molar-refractivity contribution < 1.29 is 4.74 Å². The van der Waals surface area contributed by atoms with Gasteiger partial charge in [-0.05, 0) is 48.1 Å². The molecule has 1 fully saturated rings. The van der Waals surface area contributed by atoms with Gasteiger partial charge in [0.2, 0.25) is 0 Å². The number of benzene rings is 2. The molecule has 23 heavy (non-hydrogen) atoms. The zero-order valence-corrected chi connectivity index (χ0v) is 15.0. The molecule has 0 saturated carbocycles. The molecule has 6 heteroatoms. The first-order valence-corrected chi connectivity index (χ1v) is 9.09. The Morgan fingerprint density at radius 3 is 2.78 bits per heavy atom. The normalized spacial score (nSPS) is 17.1. The molecule has 120 valence electrons. The lowest BCUT2D eigenvalue weighted by Crippen LogP contribution is -2.34. The molecule has 2 aromatic carbocycles. The number of halogens is 1. The van der Waals surface area contributed by atoms with Gasteiger partial charge in [-0.25, -0.2) is 0 Å². The minimum atomic E-state index is 0.222. The maximum absolute atomic E-state index is 6.03. The Morgan fingerprint density at radius 2 is 2.09 bits per heavy atom. The van der Waals surface area contributed by atoms with Gasteiger partial charge in [0.25, 0.3) is 0 Å². The van der Waals surface area contributed by atoms with E-state index in [2.05, 4.69) is 22.3 Å². The van der Waals surface area contributed by atoms with Gasteiger partial charge in [0.1, 0.15) is 11.1 Å². The molecule has 0 aliphatic carbocycles. The van der Waals surface area contributed by atoms with Crippen LogP contribution in [0.4, 0.5) is 5.69 Å². The quantitative estimate of drug-likeness (QED) is 0.789. The Bertz CT molecular complexity index is 693. The fourth-order valence-electron chi connectivity index (χ4n) is 2.48. The monoisotopic (exact) mass is 364 g/mol. The minimum absolute atomic E-state index is 0.222. The molecule has 3 nitrogen and oxygen atoms in total. The molecule has 1 aliphatic rings. The summed E-state index contributed by atoms with van der Waals surface area (Å²) in [4.78, 5) is 2.21. The topological polar surface area (TPSA) is 24.5 Å². The van der Waals surface area contributed by atoms with Gasteiger partial charge in [-0.15, -0.1) is 11.8 Å². The van der Waals surface area contributed by atoms with Crippen molar-refractivity contribution in [3.63, 3.8) is 0 Å². The average molecular weight is 365 g/mol. The molecule has 0 spiro atoms. The van der Waals surface area contributed by atoms with Crippen molar-refractivity contribution in [3.05, 3.63) is 59.1 Å². The Morgan fingerprint density at radius 1 is 1.30 bits per heavy atom. The van der Waals surface area contributed by atoms with Gasteiger partial charge in [0.15, 0.2) is 5.11 Å². The third-order valence-electron chi connectivity index (χ3n) is 3.63.